The van der Waals surface area contributed by atoms with Gasteiger partial charge < -0.3 is 5.11 Å². The smallest absolute Gasteiger partial charge is 0.126 e. The van der Waals surface area contributed by atoms with E-state index in [0.29, 0.717) is 5.56 Å². The van der Waals surface area contributed by atoms with Gasteiger partial charge in [0, 0.05) is 20.8 Å². The highest BCUT2D eigenvalue weighted by Gasteiger charge is 2.17. The molecule has 20 heavy (non-hydrogen) atoms. The number of halogens is 3. The first-order valence-electron chi connectivity index (χ1n) is 5.86. The maximum atomic E-state index is 13.3. The van der Waals surface area contributed by atoms with Crippen LogP contribution >= 0.6 is 27.3 Å². The first-order chi connectivity index (χ1) is 9.56. The number of rotatable bonds is 2. The highest BCUT2D eigenvalue weighted by molar-refractivity contribution is 9.10. The fourth-order valence-electron chi connectivity index (χ4n) is 2.17. The molecule has 0 radical (unpaired) electrons. The van der Waals surface area contributed by atoms with Crippen LogP contribution in [0.1, 0.15) is 17.2 Å². The van der Waals surface area contributed by atoms with E-state index in [-0.39, 0.29) is 5.56 Å². The summed E-state index contributed by atoms with van der Waals surface area (Å²) in [5, 5.41) is 13.1. The molecule has 5 heteroatoms. The molecule has 0 spiro atoms. The molecule has 1 nitrogen and oxygen atoms in total. The second-order valence-corrected chi connectivity index (χ2v) is 6.15. The fourth-order valence-corrected chi connectivity index (χ4v) is 3.81. The second kappa shape index (κ2) is 5.24. The molecule has 3 rings (SSSR count). The predicted octanol–water partition coefficient (Wildman–Crippen LogP) is 5.02. The molecule has 0 saturated heterocycles. The van der Waals surface area contributed by atoms with Crippen molar-refractivity contribution in [2.24, 2.45) is 0 Å². The molecule has 0 saturated carbocycles. The summed E-state index contributed by atoms with van der Waals surface area (Å²) < 4.78 is 28.4. The third-order valence-electron chi connectivity index (χ3n) is 3.08. The molecule has 0 bridgehead atoms. The van der Waals surface area contributed by atoms with E-state index < -0.39 is 17.7 Å². The van der Waals surface area contributed by atoms with E-state index in [1.165, 1.54) is 11.3 Å². The number of thiophene rings is 1. The standard InChI is InChI=1S/C15H9BrF2OS/c16-13-3-1-2-11-12(7-20-15(11)13)14(19)8-4-9(17)6-10(18)5-8/h1-7,14,19H. The van der Waals surface area contributed by atoms with Crippen molar-refractivity contribution in [1.29, 1.82) is 0 Å². The summed E-state index contributed by atoms with van der Waals surface area (Å²) in [6.07, 6.45) is -1.05. The third-order valence-corrected chi connectivity index (χ3v) is 5.05. The Morgan fingerprint density at radius 2 is 1.80 bits per heavy atom. The largest absolute Gasteiger partial charge is 0.384 e. The molecular formula is C15H9BrF2OS. The van der Waals surface area contributed by atoms with E-state index in [4.69, 9.17) is 0 Å². The maximum Gasteiger partial charge on any atom is 0.126 e. The van der Waals surface area contributed by atoms with Gasteiger partial charge in [0.15, 0.2) is 0 Å². The summed E-state index contributed by atoms with van der Waals surface area (Å²) >= 11 is 4.93. The van der Waals surface area contributed by atoms with Crippen molar-refractivity contribution in [2.45, 2.75) is 6.10 Å². The highest BCUT2D eigenvalue weighted by Crippen LogP contribution is 2.37. The molecule has 1 heterocycles. The van der Waals surface area contributed by atoms with Crippen LogP contribution in [-0.2, 0) is 0 Å². The van der Waals surface area contributed by atoms with Gasteiger partial charge in [0.05, 0.1) is 0 Å². The van der Waals surface area contributed by atoms with Crippen molar-refractivity contribution in [2.75, 3.05) is 0 Å². The van der Waals surface area contributed by atoms with Gasteiger partial charge in [-0.05, 0) is 50.5 Å². The van der Waals surface area contributed by atoms with Crippen LogP contribution in [0, 0.1) is 11.6 Å². The third kappa shape index (κ3) is 2.37. The maximum absolute atomic E-state index is 13.3. The minimum Gasteiger partial charge on any atom is -0.384 e. The number of benzene rings is 2. The van der Waals surface area contributed by atoms with E-state index in [1.807, 2.05) is 23.6 Å². The summed E-state index contributed by atoms with van der Waals surface area (Å²) in [4.78, 5) is 0. The summed E-state index contributed by atoms with van der Waals surface area (Å²) in [7, 11) is 0. The average molecular weight is 355 g/mol. The van der Waals surface area contributed by atoms with Gasteiger partial charge in [-0.15, -0.1) is 11.3 Å². The van der Waals surface area contributed by atoms with Gasteiger partial charge in [-0.1, -0.05) is 12.1 Å². The van der Waals surface area contributed by atoms with E-state index in [9.17, 15) is 13.9 Å². The van der Waals surface area contributed by atoms with Gasteiger partial charge in [-0.25, -0.2) is 8.78 Å². The molecule has 0 fully saturated rings. The number of fused-ring (bicyclic) bond motifs is 1. The minimum absolute atomic E-state index is 0.210. The second-order valence-electron chi connectivity index (χ2n) is 4.41. The number of aliphatic hydroxyl groups excluding tert-OH is 1. The van der Waals surface area contributed by atoms with Crippen LogP contribution in [0.4, 0.5) is 8.78 Å². The Morgan fingerprint density at radius 3 is 2.50 bits per heavy atom. The van der Waals surface area contributed by atoms with E-state index in [1.54, 1.807) is 0 Å². The van der Waals surface area contributed by atoms with Crippen molar-refractivity contribution in [3.8, 4) is 0 Å². The van der Waals surface area contributed by atoms with Crippen LogP contribution in [0.25, 0.3) is 10.1 Å². The number of hydrogen-bond donors (Lipinski definition) is 1. The zero-order chi connectivity index (χ0) is 14.3. The van der Waals surface area contributed by atoms with Crippen molar-refractivity contribution in [3.63, 3.8) is 0 Å². The van der Waals surface area contributed by atoms with Crippen LogP contribution in [0.15, 0.2) is 46.3 Å². The monoisotopic (exact) mass is 354 g/mol. The molecule has 1 atom stereocenters. The highest BCUT2D eigenvalue weighted by atomic mass is 79.9. The fraction of sp³-hybridized carbons (Fsp3) is 0.0667. The molecule has 0 aliphatic rings. The van der Waals surface area contributed by atoms with Gasteiger partial charge in [-0.3, -0.25) is 0 Å². The van der Waals surface area contributed by atoms with E-state index >= 15 is 0 Å². The molecular weight excluding hydrogens is 346 g/mol. The summed E-state index contributed by atoms with van der Waals surface area (Å²) in [6, 6.07) is 8.74. The molecule has 0 aliphatic carbocycles. The quantitative estimate of drug-likeness (QED) is 0.684. The van der Waals surface area contributed by atoms with Crippen LogP contribution in [0.2, 0.25) is 0 Å². The predicted molar refractivity (Wildman–Crippen MR) is 79.9 cm³/mol. The van der Waals surface area contributed by atoms with Crippen molar-refractivity contribution < 1.29 is 13.9 Å². The Kier molecular flexibility index (Phi) is 3.58. The Morgan fingerprint density at radius 1 is 1.10 bits per heavy atom. The normalized spacial score (nSPS) is 12.8. The van der Waals surface area contributed by atoms with Crippen LogP contribution in [-0.4, -0.2) is 5.11 Å². The zero-order valence-corrected chi connectivity index (χ0v) is 12.5. The van der Waals surface area contributed by atoms with Crippen LogP contribution < -0.4 is 0 Å². The minimum atomic E-state index is -1.05. The number of hydrogen-bond acceptors (Lipinski definition) is 2. The first kappa shape index (κ1) is 13.7. The van der Waals surface area contributed by atoms with Gasteiger partial charge >= 0.3 is 0 Å². The summed E-state index contributed by atoms with van der Waals surface area (Å²) in [5.41, 5.74) is 0.860. The Hall–Kier alpha value is -1.30. The van der Waals surface area contributed by atoms with Crippen molar-refractivity contribution >= 4 is 37.4 Å². The lowest BCUT2D eigenvalue weighted by atomic mass is 10.0. The SMILES string of the molecule is OC(c1cc(F)cc(F)c1)c1csc2c(Br)cccc12. The number of aliphatic hydroxyl groups is 1. The lowest BCUT2D eigenvalue weighted by Crippen LogP contribution is -2.00. The van der Waals surface area contributed by atoms with Crippen molar-refractivity contribution in [3.05, 3.63) is 69.0 Å². The molecule has 1 unspecified atom stereocenters. The zero-order valence-electron chi connectivity index (χ0n) is 10.1. The Balaban J connectivity index is 2.13. The van der Waals surface area contributed by atoms with Crippen LogP contribution in [0.3, 0.4) is 0 Å². The molecule has 0 amide bonds. The van der Waals surface area contributed by atoms with Gasteiger partial charge in [-0.2, -0.15) is 0 Å². The molecule has 3 aromatic rings. The van der Waals surface area contributed by atoms with E-state index in [2.05, 4.69) is 15.9 Å². The van der Waals surface area contributed by atoms with Crippen LogP contribution in [0.5, 0.6) is 0 Å². The topological polar surface area (TPSA) is 20.2 Å². The first-order valence-corrected chi connectivity index (χ1v) is 7.53. The summed E-state index contributed by atoms with van der Waals surface area (Å²) in [6.45, 7) is 0. The molecule has 0 aliphatic heterocycles. The van der Waals surface area contributed by atoms with Gasteiger partial charge in [0.25, 0.3) is 0 Å². The van der Waals surface area contributed by atoms with Gasteiger partial charge in [0.2, 0.25) is 0 Å². The summed E-state index contributed by atoms with van der Waals surface area (Å²) in [5.74, 6) is -1.39. The Labute approximate surface area is 126 Å². The van der Waals surface area contributed by atoms with Gasteiger partial charge in [0.1, 0.15) is 17.7 Å². The molecule has 1 N–H and O–H groups in total. The molecule has 2 aromatic carbocycles. The molecule has 102 valence electrons. The lowest BCUT2D eigenvalue weighted by molar-refractivity contribution is 0.221. The molecule has 1 aromatic heterocycles. The van der Waals surface area contributed by atoms with Crippen molar-refractivity contribution in [1.82, 2.24) is 0 Å². The lowest BCUT2D eigenvalue weighted by Gasteiger charge is -2.11. The van der Waals surface area contributed by atoms with E-state index in [0.717, 1.165) is 32.8 Å². The average Bonchev–Trinajstić information content (AvgIpc) is 2.82. The Bertz CT molecular complexity index is 764.